The van der Waals surface area contributed by atoms with Crippen molar-refractivity contribution in [3.05, 3.63) is 23.9 Å². The Bertz CT molecular complexity index is 521. The molecule has 6 heteroatoms. The van der Waals surface area contributed by atoms with Crippen molar-refractivity contribution in [2.24, 2.45) is 5.84 Å². The first-order chi connectivity index (χ1) is 7.74. The number of H-pyrrole nitrogens is 1. The maximum absolute atomic E-state index is 11.2. The minimum atomic E-state index is -0.270. The summed E-state index contributed by atoms with van der Waals surface area (Å²) in [4.78, 5) is 11.2. The fraction of sp³-hybridized carbons (Fsp3) is 0.200. The van der Waals surface area contributed by atoms with Gasteiger partial charge in [-0.3, -0.25) is 15.3 Å². The van der Waals surface area contributed by atoms with E-state index in [4.69, 9.17) is 10.6 Å². The Morgan fingerprint density at radius 3 is 3.12 bits per heavy atom. The van der Waals surface area contributed by atoms with Gasteiger partial charge in [0.25, 0.3) is 0 Å². The lowest BCUT2D eigenvalue weighted by molar-refractivity contribution is -0.120. The van der Waals surface area contributed by atoms with Crippen LogP contribution in [-0.2, 0) is 11.2 Å². The molecule has 1 heterocycles. The van der Waals surface area contributed by atoms with Gasteiger partial charge in [0.15, 0.2) is 0 Å². The molecule has 0 spiro atoms. The van der Waals surface area contributed by atoms with Gasteiger partial charge in [0, 0.05) is 5.39 Å². The first-order valence-electron chi connectivity index (χ1n) is 4.75. The van der Waals surface area contributed by atoms with Gasteiger partial charge in [-0.1, -0.05) is 0 Å². The molecule has 2 aromatic rings. The maximum Gasteiger partial charge on any atom is 0.239 e. The zero-order valence-electron chi connectivity index (χ0n) is 8.78. The van der Waals surface area contributed by atoms with Crippen molar-refractivity contribution < 1.29 is 9.53 Å². The van der Waals surface area contributed by atoms with E-state index in [9.17, 15) is 4.79 Å². The van der Waals surface area contributed by atoms with E-state index in [1.807, 2.05) is 18.2 Å². The number of ether oxygens (including phenoxy) is 1. The number of carbonyl (C=O) groups is 1. The van der Waals surface area contributed by atoms with E-state index in [-0.39, 0.29) is 12.3 Å². The summed E-state index contributed by atoms with van der Waals surface area (Å²) < 4.78 is 5.11. The number of benzene rings is 1. The number of carbonyl (C=O) groups excluding carboxylic acids is 1. The normalized spacial score (nSPS) is 10.4. The number of aromatic amines is 1. The van der Waals surface area contributed by atoms with Crippen LogP contribution in [0.1, 0.15) is 5.69 Å². The van der Waals surface area contributed by atoms with Crippen molar-refractivity contribution in [3.8, 4) is 5.75 Å². The molecule has 1 aromatic heterocycles. The van der Waals surface area contributed by atoms with Crippen LogP contribution in [0.25, 0.3) is 10.9 Å². The Hall–Kier alpha value is -2.08. The van der Waals surface area contributed by atoms with Crippen molar-refractivity contribution in [2.45, 2.75) is 6.42 Å². The topological polar surface area (TPSA) is 93.0 Å². The van der Waals surface area contributed by atoms with Crippen LogP contribution in [0.4, 0.5) is 0 Å². The molecule has 4 N–H and O–H groups in total. The predicted octanol–water partition coefficient (Wildman–Crippen LogP) is 0.104. The molecule has 84 valence electrons. The summed E-state index contributed by atoms with van der Waals surface area (Å²) in [5.74, 6) is 5.49. The van der Waals surface area contributed by atoms with Crippen molar-refractivity contribution in [2.75, 3.05) is 7.11 Å². The van der Waals surface area contributed by atoms with Crippen LogP contribution >= 0.6 is 0 Å². The largest absolute Gasteiger partial charge is 0.497 e. The van der Waals surface area contributed by atoms with Crippen LogP contribution in [0.15, 0.2) is 18.2 Å². The number of fused-ring (bicyclic) bond motifs is 1. The van der Waals surface area contributed by atoms with Gasteiger partial charge in [0.1, 0.15) is 5.75 Å². The predicted molar refractivity (Wildman–Crippen MR) is 58.7 cm³/mol. The first kappa shape index (κ1) is 10.4. The molecule has 0 aliphatic heterocycles. The summed E-state index contributed by atoms with van der Waals surface area (Å²) >= 11 is 0. The number of aromatic nitrogens is 2. The SMILES string of the molecule is COc1ccc2n[nH]c(CC(=O)NN)c2c1. The lowest BCUT2D eigenvalue weighted by Gasteiger charge is -2.00. The second-order valence-electron chi connectivity index (χ2n) is 3.33. The highest BCUT2D eigenvalue weighted by Crippen LogP contribution is 2.22. The number of rotatable bonds is 3. The lowest BCUT2D eigenvalue weighted by atomic mass is 10.1. The zero-order chi connectivity index (χ0) is 11.5. The van der Waals surface area contributed by atoms with E-state index in [0.717, 1.165) is 22.3 Å². The summed E-state index contributed by atoms with van der Waals surface area (Å²) in [5.41, 5.74) is 3.59. The van der Waals surface area contributed by atoms with E-state index >= 15 is 0 Å². The molecule has 1 aromatic carbocycles. The third-order valence-corrected chi connectivity index (χ3v) is 2.34. The third kappa shape index (κ3) is 1.82. The minimum absolute atomic E-state index is 0.167. The summed E-state index contributed by atoms with van der Waals surface area (Å²) in [6, 6.07) is 5.47. The second-order valence-corrected chi connectivity index (χ2v) is 3.33. The van der Waals surface area contributed by atoms with Crippen molar-refractivity contribution in [1.82, 2.24) is 15.6 Å². The van der Waals surface area contributed by atoms with Crippen LogP contribution in [0.2, 0.25) is 0 Å². The number of nitrogens with two attached hydrogens (primary N) is 1. The highest BCUT2D eigenvalue weighted by atomic mass is 16.5. The van der Waals surface area contributed by atoms with Gasteiger partial charge < -0.3 is 4.74 Å². The average molecular weight is 220 g/mol. The number of methoxy groups -OCH3 is 1. The highest BCUT2D eigenvalue weighted by molar-refractivity contribution is 5.87. The number of hydrogen-bond donors (Lipinski definition) is 3. The van der Waals surface area contributed by atoms with Gasteiger partial charge in [-0.25, -0.2) is 5.84 Å². The molecule has 0 unspecified atom stereocenters. The molecule has 1 amide bonds. The molecule has 0 bridgehead atoms. The Morgan fingerprint density at radius 1 is 1.62 bits per heavy atom. The molecular weight excluding hydrogens is 208 g/mol. The van der Waals surface area contributed by atoms with Gasteiger partial charge in [-0.15, -0.1) is 0 Å². The molecule has 0 radical (unpaired) electrons. The maximum atomic E-state index is 11.2. The van der Waals surface area contributed by atoms with E-state index < -0.39 is 0 Å². The Kier molecular flexibility index (Phi) is 2.74. The summed E-state index contributed by atoms with van der Waals surface area (Å²) in [5, 5.41) is 7.75. The molecule has 0 atom stereocenters. The standard InChI is InChI=1S/C10H12N4O2/c1-16-6-2-3-8-7(4-6)9(14-13-8)5-10(15)12-11/h2-4H,5,11H2,1H3,(H,12,15)(H,13,14). The molecular formula is C10H12N4O2. The summed E-state index contributed by atoms with van der Waals surface area (Å²) in [6.45, 7) is 0. The number of amides is 1. The molecule has 0 saturated heterocycles. The van der Waals surface area contributed by atoms with Gasteiger partial charge in [0.2, 0.25) is 5.91 Å². The van der Waals surface area contributed by atoms with Gasteiger partial charge in [-0.05, 0) is 18.2 Å². The Labute approximate surface area is 91.7 Å². The molecule has 16 heavy (non-hydrogen) atoms. The Morgan fingerprint density at radius 2 is 2.44 bits per heavy atom. The van der Waals surface area contributed by atoms with Crippen LogP contribution in [-0.4, -0.2) is 23.2 Å². The Balaban J connectivity index is 2.41. The third-order valence-electron chi connectivity index (χ3n) is 2.34. The zero-order valence-corrected chi connectivity index (χ0v) is 8.78. The molecule has 0 aliphatic rings. The number of hydrogen-bond acceptors (Lipinski definition) is 4. The lowest BCUT2D eigenvalue weighted by Crippen LogP contribution is -2.31. The van der Waals surface area contributed by atoms with Crippen LogP contribution in [0.5, 0.6) is 5.75 Å². The molecule has 0 fully saturated rings. The summed E-state index contributed by atoms with van der Waals surface area (Å²) in [6.07, 6.45) is 0.167. The van der Waals surface area contributed by atoms with E-state index in [0.29, 0.717) is 0 Å². The van der Waals surface area contributed by atoms with E-state index in [1.54, 1.807) is 7.11 Å². The van der Waals surface area contributed by atoms with E-state index in [1.165, 1.54) is 0 Å². The van der Waals surface area contributed by atoms with Crippen molar-refractivity contribution >= 4 is 16.8 Å². The molecule has 6 nitrogen and oxygen atoms in total. The van der Waals surface area contributed by atoms with Crippen molar-refractivity contribution in [3.63, 3.8) is 0 Å². The van der Waals surface area contributed by atoms with Gasteiger partial charge >= 0.3 is 0 Å². The van der Waals surface area contributed by atoms with Gasteiger partial charge in [0.05, 0.1) is 24.7 Å². The van der Waals surface area contributed by atoms with E-state index in [2.05, 4.69) is 15.6 Å². The van der Waals surface area contributed by atoms with Crippen LogP contribution in [0, 0.1) is 0 Å². The average Bonchev–Trinajstić information content (AvgIpc) is 2.71. The molecule has 0 saturated carbocycles. The number of nitrogens with zero attached hydrogens (tertiary/aromatic N) is 1. The van der Waals surface area contributed by atoms with Crippen molar-refractivity contribution in [1.29, 1.82) is 0 Å². The minimum Gasteiger partial charge on any atom is -0.497 e. The second kappa shape index (κ2) is 4.19. The highest BCUT2D eigenvalue weighted by Gasteiger charge is 2.09. The van der Waals surface area contributed by atoms with Crippen LogP contribution in [0.3, 0.4) is 0 Å². The van der Waals surface area contributed by atoms with Crippen LogP contribution < -0.4 is 16.0 Å². The summed E-state index contributed by atoms with van der Waals surface area (Å²) in [7, 11) is 1.59. The molecule has 2 rings (SSSR count). The number of hydrazine groups is 1. The fourth-order valence-electron chi connectivity index (χ4n) is 1.52. The molecule has 0 aliphatic carbocycles. The quantitative estimate of drug-likeness (QED) is 0.388. The van der Waals surface area contributed by atoms with Gasteiger partial charge in [-0.2, -0.15) is 5.10 Å². The smallest absolute Gasteiger partial charge is 0.239 e. The number of nitrogens with one attached hydrogen (secondary N) is 2. The first-order valence-corrected chi connectivity index (χ1v) is 4.75. The monoisotopic (exact) mass is 220 g/mol. The fourth-order valence-corrected chi connectivity index (χ4v) is 1.52.